The lowest BCUT2D eigenvalue weighted by Gasteiger charge is -2.29. The van der Waals surface area contributed by atoms with Gasteiger partial charge in [-0.1, -0.05) is 36.4 Å². The smallest absolute Gasteiger partial charge is 0.328 e. The minimum absolute atomic E-state index is 0.0743. The predicted octanol–water partition coefficient (Wildman–Crippen LogP) is 4.34. The largest absolute Gasteiger partial charge is 0.478 e. The molecule has 148 valence electrons. The lowest BCUT2D eigenvalue weighted by atomic mass is 10.0. The number of aliphatic carboxylic acids is 1. The van der Waals surface area contributed by atoms with Gasteiger partial charge in [0, 0.05) is 36.6 Å². The minimum Gasteiger partial charge on any atom is -0.478 e. The number of hydrogen-bond donors (Lipinski definition) is 2. The van der Waals surface area contributed by atoms with E-state index >= 15 is 0 Å². The van der Waals surface area contributed by atoms with Gasteiger partial charge in [-0.05, 0) is 53.7 Å². The van der Waals surface area contributed by atoms with Gasteiger partial charge in [0.25, 0.3) is 0 Å². The summed E-state index contributed by atoms with van der Waals surface area (Å²) in [5.41, 5.74) is 5.58. The maximum atomic E-state index is 12.4. The van der Waals surface area contributed by atoms with E-state index in [4.69, 9.17) is 5.11 Å². The van der Waals surface area contributed by atoms with E-state index in [0.717, 1.165) is 36.4 Å². The number of carboxylic acid groups (broad SMARTS) is 1. The average Bonchev–Trinajstić information content (AvgIpc) is 3.31. The number of amides is 1. The Morgan fingerprint density at radius 1 is 1.24 bits per heavy atom. The zero-order chi connectivity index (χ0) is 20.4. The molecule has 3 aromatic rings. The normalized spacial score (nSPS) is 15.7. The molecule has 0 radical (unpaired) electrons. The Hall–Kier alpha value is -3.34. The monoisotopic (exact) mass is 388 g/mol. The highest BCUT2D eigenvalue weighted by Crippen LogP contribution is 2.37. The summed E-state index contributed by atoms with van der Waals surface area (Å²) in [7, 11) is 0. The first-order valence-corrected chi connectivity index (χ1v) is 9.89. The van der Waals surface area contributed by atoms with Crippen LogP contribution in [0.1, 0.15) is 41.6 Å². The van der Waals surface area contributed by atoms with Crippen LogP contribution in [0.25, 0.3) is 17.0 Å². The predicted molar refractivity (Wildman–Crippen MR) is 114 cm³/mol. The Balaban J connectivity index is 1.53. The summed E-state index contributed by atoms with van der Waals surface area (Å²) >= 11 is 0. The molecule has 2 aromatic carbocycles. The third kappa shape index (κ3) is 3.94. The van der Waals surface area contributed by atoms with Crippen LogP contribution in [-0.2, 0) is 22.4 Å². The van der Waals surface area contributed by atoms with Crippen molar-refractivity contribution in [3.8, 4) is 0 Å². The summed E-state index contributed by atoms with van der Waals surface area (Å²) in [5, 5.41) is 10.0. The van der Waals surface area contributed by atoms with Crippen molar-refractivity contribution in [1.29, 1.82) is 0 Å². The molecule has 5 heteroatoms. The first-order chi connectivity index (χ1) is 14.0. The lowest BCUT2D eigenvalue weighted by molar-refractivity contribution is -0.132. The van der Waals surface area contributed by atoms with E-state index in [2.05, 4.69) is 17.1 Å². The zero-order valence-electron chi connectivity index (χ0n) is 16.4. The number of aryl methyl sites for hydroxylation is 1. The van der Waals surface area contributed by atoms with Crippen LogP contribution in [0.2, 0.25) is 0 Å². The fourth-order valence-electron chi connectivity index (χ4n) is 4.32. The number of nitrogens with zero attached hydrogens (tertiary/aromatic N) is 1. The Labute approximate surface area is 169 Å². The number of aromatic nitrogens is 1. The summed E-state index contributed by atoms with van der Waals surface area (Å²) in [5.74, 6) is -0.874. The van der Waals surface area contributed by atoms with E-state index in [-0.39, 0.29) is 11.9 Å². The molecule has 1 amide bonds. The van der Waals surface area contributed by atoms with Crippen LogP contribution in [0.15, 0.2) is 54.7 Å². The molecule has 1 heterocycles. The first-order valence-electron chi connectivity index (χ1n) is 9.89. The Morgan fingerprint density at radius 3 is 2.86 bits per heavy atom. The number of fused-ring (bicyclic) bond motifs is 2. The number of para-hydroxylation sites is 1. The SMILES string of the molecule is CC(=O)N(CCc1c[nH]c2ccccc12)C1CCc2cc(C=CC(=O)O)ccc21. The molecular formula is C24H24N2O3. The molecule has 4 rings (SSSR count). The van der Waals surface area contributed by atoms with Gasteiger partial charge in [0.05, 0.1) is 6.04 Å². The Bertz CT molecular complexity index is 1100. The van der Waals surface area contributed by atoms with Gasteiger partial charge in [0.2, 0.25) is 5.91 Å². The maximum absolute atomic E-state index is 12.4. The van der Waals surface area contributed by atoms with E-state index in [0.29, 0.717) is 6.54 Å². The van der Waals surface area contributed by atoms with Gasteiger partial charge in [0.15, 0.2) is 0 Å². The summed E-state index contributed by atoms with van der Waals surface area (Å²) in [4.78, 5) is 28.5. The van der Waals surface area contributed by atoms with Gasteiger partial charge in [-0.3, -0.25) is 4.79 Å². The third-order valence-corrected chi connectivity index (χ3v) is 5.71. The van der Waals surface area contributed by atoms with E-state index < -0.39 is 5.97 Å². The number of carbonyl (C=O) groups excluding carboxylic acids is 1. The van der Waals surface area contributed by atoms with Gasteiger partial charge in [0.1, 0.15) is 0 Å². The second-order valence-electron chi connectivity index (χ2n) is 7.51. The molecule has 1 unspecified atom stereocenters. The quantitative estimate of drug-likeness (QED) is 0.617. The molecule has 0 saturated heterocycles. The number of aromatic amines is 1. The Kier molecular flexibility index (Phi) is 5.21. The zero-order valence-corrected chi connectivity index (χ0v) is 16.4. The van der Waals surface area contributed by atoms with Crippen LogP contribution in [0.5, 0.6) is 0 Å². The number of H-pyrrole nitrogens is 1. The summed E-state index contributed by atoms with van der Waals surface area (Å²) in [6.07, 6.45) is 7.38. The number of hydrogen-bond acceptors (Lipinski definition) is 2. The summed E-state index contributed by atoms with van der Waals surface area (Å²) < 4.78 is 0. The molecule has 0 saturated carbocycles. The highest BCUT2D eigenvalue weighted by atomic mass is 16.4. The van der Waals surface area contributed by atoms with Crippen molar-refractivity contribution >= 4 is 28.9 Å². The first kappa shape index (κ1) is 19.0. The van der Waals surface area contributed by atoms with Crippen LogP contribution in [-0.4, -0.2) is 33.4 Å². The molecule has 0 fully saturated rings. The number of benzene rings is 2. The molecule has 1 aliphatic carbocycles. The average molecular weight is 388 g/mol. The maximum Gasteiger partial charge on any atom is 0.328 e. The fraction of sp³-hybridized carbons (Fsp3) is 0.250. The van der Waals surface area contributed by atoms with E-state index in [9.17, 15) is 9.59 Å². The molecular weight excluding hydrogens is 364 g/mol. The molecule has 0 aliphatic heterocycles. The minimum atomic E-state index is -0.955. The van der Waals surface area contributed by atoms with Gasteiger partial charge in [-0.25, -0.2) is 4.79 Å². The fourth-order valence-corrected chi connectivity index (χ4v) is 4.32. The molecule has 0 bridgehead atoms. The molecule has 0 spiro atoms. The van der Waals surface area contributed by atoms with E-state index in [1.54, 1.807) is 13.0 Å². The number of rotatable bonds is 6. The highest BCUT2D eigenvalue weighted by molar-refractivity contribution is 5.85. The van der Waals surface area contributed by atoms with Crippen LogP contribution in [0.3, 0.4) is 0 Å². The van der Waals surface area contributed by atoms with Crippen molar-refractivity contribution in [3.05, 3.63) is 77.0 Å². The van der Waals surface area contributed by atoms with Crippen LogP contribution in [0.4, 0.5) is 0 Å². The number of carboxylic acids is 1. The molecule has 29 heavy (non-hydrogen) atoms. The van der Waals surface area contributed by atoms with Crippen molar-refractivity contribution in [3.63, 3.8) is 0 Å². The summed E-state index contributed by atoms with van der Waals surface area (Å²) in [6.45, 7) is 2.30. The van der Waals surface area contributed by atoms with Gasteiger partial charge in [-0.15, -0.1) is 0 Å². The van der Waals surface area contributed by atoms with Crippen molar-refractivity contribution < 1.29 is 14.7 Å². The van der Waals surface area contributed by atoms with Gasteiger partial charge < -0.3 is 15.0 Å². The lowest BCUT2D eigenvalue weighted by Crippen LogP contribution is -2.33. The highest BCUT2D eigenvalue weighted by Gasteiger charge is 2.29. The second kappa shape index (κ2) is 7.95. The molecule has 1 aliphatic rings. The van der Waals surface area contributed by atoms with Gasteiger partial charge in [-0.2, -0.15) is 0 Å². The molecule has 5 nitrogen and oxygen atoms in total. The standard InChI is InChI=1S/C24H24N2O3/c1-16(27)26(13-12-19-15-25-22-5-3-2-4-20(19)22)23-10-8-18-14-17(6-9-21(18)23)7-11-24(28)29/h2-7,9,11,14-15,23,25H,8,10,12-13H2,1H3,(H,28,29). The van der Waals surface area contributed by atoms with Crippen LogP contribution >= 0.6 is 0 Å². The van der Waals surface area contributed by atoms with Crippen molar-refractivity contribution in [2.45, 2.75) is 32.2 Å². The van der Waals surface area contributed by atoms with Crippen LogP contribution < -0.4 is 0 Å². The second-order valence-corrected chi connectivity index (χ2v) is 7.51. The third-order valence-electron chi connectivity index (χ3n) is 5.71. The van der Waals surface area contributed by atoms with E-state index in [1.165, 1.54) is 22.1 Å². The number of nitrogens with one attached hydrogen (secondary N) is 1. The molecule has 1 aromatic heterocycles. The topological polar surface area (TPSA) is 73.4 Å². The summed E-state index contributed by atoms with van der Waals surface area (Å²) in [6, 6.07) is 14.3. The van der Waals surface area contributed by atoms with Crippen molar-refractivity contribution in [1.82, 2.24) is 9.88 Å². The van der Waals surface area contributed by atoms with Gasteiger partial charge >= 0.3 is 5.97 Å². The Morgan fingerprint density at radius 2 is 2.07 bits per heavy atom. The van der Waals surface area contributed by atoms with E-state index in [1.807, 2.05) is 41.4 Å². The molecule has 2 N–H and O–H groups in total. The molecule has 1 atom stereocenters. The number of carbonyl (C=O) groups is 2. The van der Waals surface area contributed by atoms with Crippen molar-refractivity contribution in [2.75, 3.05) is 6.54 Å². The van der Waals surface area contributed by atoms with Crippen LogP contribution in [0, 0.1) is 0 Å². The van der Waals surface area contributed by atoms with Crippen molar-refractivity contribution in [2.24, 2.45) is 0 Å².